The van der Waals surface area contributed by atoms with Crippen LogP contribution in [-0.4, -0.2) is 9.04 Å². The standard InChI is InChI=1S/C14H18NOSSi/c1-11-6-7-13(14(9-11)16-18(2)3)15-10-12-5-4-8-17-12/h4-9,15H,10H2,1-3H3/p+1. The van der Waals surface area contributed by atoms with E-state index in [4.69, 9.17) is 4.43 Å². The molecular weight excluding hydrogens is 258 g/mol. The van der Waals surface area contributed by atoms with E-state index in [1.54, 1.807) is 11.3 Å². The minimum absolute atomic E-state index is 0. The van der Waals surface area contributed by atoms with Crippen LogP contribution in [0.4, 0.5) is 5.69 Å². The highest BCUT2D eigenvalue weighted by molar-refractivity contribution is 7.09. The van der Waals surface area contributed by atoms with Crippen LogP contribution in [0.5, 0.6) is 5.75 Å². The van der Waals surface area contributed by atoms with E-state index in [0.717, 1.165) is 18.0 Å². The van der Waals surface area contributed by atoms with Crippen molar-refractivity contribution in [2.45, 2.75) is 26.6 Å². The summed E-state index contributed by atoms with van der Waals surface area (Å²) < 4.78 is 5.94. The van der Waals surface area contributed by atoms with Crippen LogP contribution in [-0.2, 0) is 6.54 Å². The van der Waals surface area contributed by atoms with Gasteiger partial charge >= 0.3 is 1.43 Å². The van der Waals surface area contributed by atoms with Gasteiger partial charge in [0.2, 0.25) is 0 Å². The minimum atomic E-state index is -0.734. The van der Waals surface area contributed by atoms with E-state index in [9.17, 15) is 0 Å². The quantitative estimate of drug-likeness (QED) is 0.817. The first-order valence-corrected chi connectivity index (χ1v) is 9.29. The lowest BCUT2D eigenvalue weighted by Gasteiger charge is -2.15. The Morgan fingerprint density at radius 1 is 1.33 bits per heavy atom. The molecule has 0 atom stereocenters. The van der Waals surface area contributed by atoms with Gasteiger partial charge in [0.1, 0.15) is 5.75 Å². The molecule has 0 saturated heterocycles. The van der Waals surface area contributed by atoms with Crippen molar-refractivity contribution in [2.75, 3.05) is 5.32 Å². The molecule has 0 aliphatic heterocycles. The first-order valence-electron chi connectivity index (χ1n) is 6.00. The van der Waals surface area contributed by atoms with Gasteiger partial charge in [-0.1, -0.05) is 12.1 Å². The average Bonchev–Trinajstić information content (AvgIpc) is 2.80. The topological polar surface area (TPSA) is 21.3 Å². The number of thiophene rings is 1. The maximum absolute atomic E-state index is 5.94. The number of benzene rings is 1. The molecule has 18 heavy (non-hydrogen) atoms. The lowest BCUT2D eigenvalue weighted by molar-refractivity contribution is 0.582. The third-order valence-corrected chi connectivity index (χ3v) is 3.99. The van der Waals surface area contributed by atoms with Gasteiger partial charge < -0.3 is 9.74 Å². The van der Waals surface area contributed by atoms with Crippen LogP contribution in [0.3, 0.4) is 0 Å². The van der Waals surface area contributed by atoms with E-state index < -0.39 is 9.04 Å². The number of hydrogen-bond acceptors (Lipinski definition) is 3. The van der Waals surface area contributed by atoms with Crippen LogP contribution in [0.25, 0.3) is 0 Å². The van der Waals surface area contributed by atoms with Crippen LogP contribution in [0, 0.1) is 6.92 Å². The van der Waals surface area contributed by atoms with Gasteiger partial charge in [-0.3, -0.25) is 0 Å². The molecule has 0 unspecified atom stereocenters. The van der Waals surface area contributed by atoms with Crippen LogP contribution in [0.1, 0.15) is 11.9 Å². The summed E-state index contributed by atoms with van der Waals surface area (Å²) in [7, 11) is -0.734. The fourth-order valence-corrected chi connectivity index (χ4v) is 2.93. The highest BCUT2D eigenvalue weighted by Crippen LogP contribution is 2.27. The van der Waals surface area contributed by atoms with Gasteiger partial charge in [-0.2, -0.15) is 0 Å². The summed E-state index contributed by atoms with van der Waals surface area (Å²) in [5.74, 6) is 0.977. The molecule has 1 aromatic carbocycles. The zero-order valence-corrected chi connectivity index (χ0v) is 12.8. The van der Waals surface area contributed by atoms with Crippen LogP contribution in [0.15, 0.2) is 35.7 Å². The van der Waals surface area contributed by atoms with Gasteiger partial charge in [0.25, 0.3) is 9.04 Å². The van der Waals surface area contributed by atoms with Crippen molar-refractivity contribution in [1.29, 1.82) is 0 Å². The summed E-state index contributed by atoms with van der Waals surface area (Å²) in [5.41, 5.74) is 2.31. The summed E-state index contributed by atoms with van der Waals surface area (Å²) in [6, 6.07) is 10.5. The van der Waals surface area contributed by atoms with Crippen molar-refractivity contribution in [2.24, 2.45) is 0 Å². The monoisotopic (exact) mass is 277 g/mol. The molecule has 0 bridgehead atoms. The maximum Gasteiger partial charge on any atom is 1.00 e. The van der Waals surface area contributed by atoms with E-state index in [1.807, 2.05) is 0 Å². The molecule has 0 fully saturated rings. The van der Waals surface area contributed by atoms with Gasteiger partial charge in [-0.05, 0) is 49.2 Å². The largest absolute Gasteiger partial charge is 1.00 e. The third-order valence-electron chi connectivity index (χ3n) is 2.48. The molecule has 2 rings (SSSR count). The van der Waals surface area contributed by atoms with Crippen molar-refractivity contribution >= 4 is 26.1 Å². The molecular formula is C14H19NOSSi+. The number of hydrogen-bond donors (Lipinski definition) is 1. The van der Waals surface area contributed by atoms with Gasteiger partial charge in [0.15, 0.2) is 0 Å². The number of nitrogens with one attached hydrogen (secondary N) is 1. The molecule has 0 aliphatic rings. The summed E-state index contributed by atoms with van der Waals surface area (Å²) in [4.78, 5) is 1.33. The second kappa shape index (κ2) is 6.07. The fourth-order valence-electron chi connectivity index (χ4n) is 1.68. The van der Waals surface area contributed by atoms with Crippen molar-refractivity contribution in [1.82, 2.24) is 0 Å². The molecule has 4 heteroatoms. The predicted octanol–water partition coefficient (Wildman–Crippen LogP) is 4.41. The molecule has 2 nitrogen and oxygen atoms in total. The van der Waals surface area contributed by atoms with Gasteiger partial charge in [0.05, 0.1) is 5.69 Å². The predicted molar refractivity (Wildman–Crippen MR) is 82.0 cm³/mol. The Labute approximate surface area is 116 Å². The Balaban J connectivity index is 0.00000180. The van der Waals surface area contributed by atoms with E-state index in [-0.39, 0.29) is 1.43 Å². The molecule has 0 spiro atoms. The first kappa shape index (κ1) is 13.2. The van der Waals surface area contributed by atoms with E-state index in [1.165, 1.54) is 10.4 Å². The van der Waals surface area contributed by atoms with Crippen LogP contribution < -0.4 is 9.74 Å². The SMILES string of the molecule is Cc1ccc(NCc2cccs2)c(O[Si](C)C)c1.[H+]. The smallest absolute Gasteiger partial charge is 0.541 e. The molecule has 1 N–H and O–H groups in total. The normalized spacial score (nSPS) is 10.7. The second-order valence-corrected chi connectivity index (χ2v) is 7.50. The second-order valence-electron chi connectivity index (χ2n) is 4.44. The zero-order valence-electron chi connectivity index (χ0n) is 12.0. The zero-order chi connectivity index (χ0) is 13.0. The molecule has 0 aliphatic carbocycles. The third kappa shape index (κ3) is 3.61. The highest BCUT2D eigenvalue weighted by atomic mass is 32.1. The van der Waals surface area contributed by atoms with E-state index in [0.29, 0.717) is 0 Å². The highest BCUT2D eigenvalue weighted by Gasteiger charge is 2.07. The minimum Gasteiger partial charge on any atom is -0.541 e. The molecule has 0 saturated carbocycles. The van der Waals surface area contributed by atoms with Crippen molar-refractivity contribution in [3.63, 3.8) is 0 Å². The van der Waals surface area contributed by atoms with E-state index in [2.05, 4.69) is 61.0 Å². The van der Waals surface area contributed by atoms with Crippen molar-refractivity contribution < 1.29 is 5.85 Å². The van der Waals surface area contributed by atoms with Gasteiger partial charge in [-0.25, -0.2) is 0 Å². The Hall–Kier alpha value is -1.26. The Morgan fingerprint density at radius 3 is 2.83 bits per heavy atom. The number of rotatable bonds is 5. The fraction of sp³-hybridized carbons (Fsp3) is 0.286. The Morgan fingerprint density at radius 2 is 2.17 bits per heavy atom. The summed E-state index contributed by atoms with van der Waals surface area (Å²) in [5, 5.41) is 5.55. The molecule has 95 valence electrons. The van der Waals surface area contributed by atoms with E-state index >= 15 is 0 Å². The lowest BCUT2D eigenvalue weighted by Crippen LogP contribution is -2.13. The van der Waals surface area contributed by atoms with Gasteiger partial charge in [-0.15, -0.1) is 11.3 Å². The lowest BCUT2D eigenvalue weighted by atomic mass is 10.2. The number of anilines is 1. The average molecular weight is 277 g/mol. The molecule has 2 aromatic rings. The summed E-state index contributed by atoms with van der Waals surface area (Å²) in [6.45, 7) is 7.24. The van der Waals surface area contributed by atoms with Gasteiger partial charge in [0, 0.05) is 11.4 Å². The Bertz CT molecular complexity index is 502. The van der Waals surface area contributed by atoms with Crippen LogP contribution >= 0.6 is 11.3 Å². The number of aryl methyl sites for hydroxylation is 1. The summed E-state index contributed by atoms with van der Waals surface area (Å²) in [6.07, 6.45) is 0. The summed E-state index contributed by atoms with van der Waals surface area (Å²) >= 11 is 1.77. The molecule has 0 amide bonds. The Kier molecular flexibility index (Phi) is 4.44. The van der Waals surface area contributed by atoms with Crippen molar-refractivity contribution in [3.05, 3.63) is 46.2 Å². The molecule has 1 heterocycles. The van der Waals surface area contributed by atoms with Crippen molar-refractivity contribution in [3.8, 4) is 5.75 Å². The first-order chi connectivity index (χ1) is 8.65. The molecule has 1 radical (unpaired) electrons. The molecule has 1 aromatic heterocycles. The maximum atomic E-state index is 5.94. The van der Waals surface area contributed by atoms with Crippen LogP contribution in [0.2, 0.25) is 13.1 Å².